The summed E-state index contributed by atoms with van der Waals surface area (Å²) in [6.45, 7) is -0.552. The minimum Gasteiger partial charge on any atom is -0.481 e. The number of hydrogen-bond donors (Lipinski definition) is 3. The Labute approximate surface area is 116 Å². The van der Waals surface area contributed by atoms with Crippen molar-refractivity contribution in [3.05, 3.63) is 29.3 Å². The molecule has 1 aromatic rings. The number of carbonyl (C=O) groups is 1. The maximum atomic E-state index is 11.9. The molecule has 0 bridgehead atoms. The molecule has 1 unspecified atom stereocenters. The highest BCUT2D eigenvalue weighted by Crippen LogP contribution is 2.14. The molecule has 3 N–H and O–H groups in total. The summed E-state index contributed by atoms with van der Waals surface area (Å²) >= 11 is 5.66. The first-order valence-electron chi connectivity index (χ1n) is 5.43. The number of nitrogens with one attached hydrogen (secondary N) is 1. The van der Waals surface area contributed by atoms with E-state index in [1.165, 1.54) is 24.3 Å². The Morgan fingerprint density at radius 3 is 2.37 bits per heavy atom. The zero-order valence-electron chi connectivity index (χ0n) is 9.91. The second kappa shape index (κ2) is 6.85. The number of halogens is 1. The third kappa shape index (κ3) is 5.15. The molecule has 6 nitrogen and oxygen atoms in total. The Kier molecular flexibility index (Phi) is 5.74. The maximum Gasteiger partial charge on any atom is 0.303 e. The van der Waals surface area contributed by atoms with Gasteiger partial charge < -0.3 is 10.2 Å². The van der Waals surface area contributed by atoms with Gasteiger partial charge in [-0.15, -0.1) is 0 Å². The first-order valence-corrected chi connectivity index (χ1v) is 7.29. The molecule has 1 rings (SSSR count). The number of sulfonamides is 1. The summed E-state index contributed by atoms with van der Waals surface area (Å²) in [5.74, 6) is -1.76. The van der Waals surface area contributed by atoms with Gasteiger partial charge in [-0.1, -0.05) is 11.6 Å². The highest BCUT2D eigenvalue weighted by atomic mass is 35.5. The third-order valence-corrected chi connectivity index (χ3v) is 4.10. The van der Waals surface area contributed by atoms with Gasteiger partial charge in [0.15, 0.2) is 0 Å². The van der Waals surface area contributed by atoms with E-state index in [-0.39, 0.29) is 17.9 Å². The highest BCUT2D eigenvalue weighted by molar-refractivity contribution is 7.89. The van der Waals surface area contributed by atoms with E-state index >= 15 is 0 Å². The highest BCUT2D eigenvalue weighted by Gasteiger charge is 2.18. The molecule has 0 aliphatic rings. The lowest BCUT2D eigenvalue weighted by atomic mass is 10.1. The molecule has 0 heterocycles. The van der Waals surface area contributed by atoms with Crippen molar-refractivity contribution in [1.82, 2.24) is 4.72 Å². The van der Waals surface area contributed by atoms with Gasteiger partial charge in [0.25, 0.3) is 0 Å². The zero-order valence-corrected chi connectivity index (χ0v) is 11.5. The van der Waals surface area contributed by atoms with Crippen molar-refractivity contribution in [2.75, 3.05) is 13.2 Å². The minimum atomic E-state index is -3.73. The maximum absolute atomic E-state index is 11.9. The molecule has 1 aromatic carbocycles. The molecule has 0 aliphatic carbocycles. The van der Waals surface area contributed by atoms with Gasteiger partial charge in [0.1, 0.15) is 0 Å². The smallest absolute Gasteiger partial charge is 0.303 e. The average Bonchev–Trinajstić information content (AvgIpc) is 2.34. The van der Waals surface area contributed by atoms with E-state index in [2.05, 4.69) is 4.72 Å². The van der Waals surface area contributed by atoms with Crippen LogP contribution in [0.2, 0.25) is 5.02 Å². The van der Waals surface area contributed by atoms with Crippen molar-refractivity contribution in [2.45, 2.75) is 11.3 Å². The lowest BCUT2D eigenvalue weighted by Gasteiger charge is -2.13. The molecular weight excluding hydrogens is 294 g/mol. The second-order valence-electron chi connectivity index (χ2n) is 3.95. The summed E-state index contributed by atoms with van der Waals surface area (Å²) in [6.07, 6.45) is -0.306. The largest absolute Gasteiger partial charge is 0.481 e. The molecule has 0 spiro atoms. The van der Waals surface area contributed by atoms with Crippen LogP contribution in [0.3, 0.4) is 0 Å². The Morgan fingerprint density at radius 2 is 1.89 bits per heavy atom. The predicted molar refractivity (Wildman–Crippen MR) is 69.5 cm³/mol. The predicted octanol–water partition coefficient (Wildman–Crippen LogP) is 0.702. The Bertz CT molecular complexity index is 529. The second-order valence-corrected chi connectivity index (χ2v) is 6.16. The van der Waals surface area contributed by atoms with E-state index < -0.39 is 28.5 Å². The molecule has 0 amide bonds. The summed E-state index contributed by atoms with van der Waals surface area (Å²) in [5.41, 5.74) is 0. The lowest BCUT2D eigenvalue weighted by Crippen LogP contribution is -2.32. The van der Waals surface area contributed by atoms with Crippen LogP contribution in [0.4, 0.5) is 0 Å². The number of carboxylic acids is 1. The van der Waals surface area contributed by atoms with E-state index in [0.717, 1.165) is 0 Å². The Morgan fingerprint density at radius 1 is 1.32 bits per heavy atom. The molecule has 106 valence electrons. The summed E-state index contributed by atoms with van der Waals surface area (Å²) in [7, 11) is -3.73. The molecule has 1 atom stereocenters. The van der Waals surface area contributed by atoms with Gasteiger partial charge in [-0.25, -0.2) is 13.1 Å². The molecule has 0 aromatic heterocycles. The van der Waals surface area contributed by atoms with Crippen molar-refractivity contribution in [3.8, 4) is 0 Å². The van der Waals surface area contributed by atoms with Crippen molar-refractivity contribution in [3.63, 3.8) is 0 Å². The fourth-order valence-electron chi connectivity index (χ4n) is 1.37. The number of benzene rings is 1. The quantitative estimate of drug-likeness (QED) is 0.688. The van der Waals surface area contributed by atoms with Gasteiger partial charge in [-0.2, -0.15) is 0 Å². The molecular formula is C11H14ClNO5S. The van der Waals surface area contributed by atoms with Crippen LogP contribution in [0.15, 0.2) is 29.2 Å². The number of rotatable bonds is 7. The topological polar surface area (TPSA) is 104 Å². The molecule has 0 saturated carbocycles. The van der Waals surface area contributed by atoms with E-state index in [9.17, 15) is 13.2 Å². The normalized spacial score (nSPS) is 13.2. The number of aliphatic hydroxyl groups excluding tert-OH is 1. The van der Waals surface area contributed by atoms with Gasteiger partial charge in [0.05, 0.1) is 11.3 Å². The van der Waals surface area contributed by atoms with Crippen LogP contribution in [0.5, 0.6) is 0 Å². The van der Waals surface area contributed by atoms with Crippen LogP contribution in [0.25, 0.3) is 0 Å². The van der Waals surface area contributed by atoms with Gasteiger partial charge in [-0.05, 0) is 24.3 Å². The van der Waals surface area contributed by atoms with E-state index in [4.69, 9.17) is 21.8 Å². The summed E-state index contributed by atoms with van der Waals surface area (Å²) in [6, 6.07) is 5.57. The molecule has 0 aliphatic heterocycles. The number of aliphatic carboxylic acids is 1. The van der Waals surface area contributed by atoms with Crippen LogP contribution >= 0.6 is 11.6 Å². The Hall–Kier alpha value is -1.15. The monoisotopic (exact) mass is 307 g/mol. The zero-order chi connectivity index (χ0) is 14.5. The van der Waals surface area contributed by atoms with Crippen LogP contribution in [0, 0.1) is 5.92 Å². The fourth-order valence-corrected chi connectivity index (χ4v) is 2.62. The number of hydrogen-bond acceptors (Lipinski definition) is 4. The summed E-state index contributed by atoms with van der Waals surface area (Å²) in [4.78, 5) is 10.5. The minimum absolute atomic E-state index is 0.0314. The SMILES string of the molecule is O=C(O)CC(CO)CNS(=O)(=O)c1ccc(Cl)cc1. The first kappa shape index (κ1) is 15.9. The number of carboxylic acid groups (broad SMARTS) is 1. The van der Waals surface area contributed by atoms with Crippen molar-refractivity contribution < 1.29 is 23.4 Å². The number of aliphatic hydroxyl groups is 1. The Balaban J connectivity index is 2.69. The first-order chi connectivity index (χ1) is 8.85. The third-order valence-electron chi connectivity index (χ3n) is 2.41. The standard InChI is InChI=1S/C11H14ClNO5S/c12-9-1-3-10(4-2-9)19(17,18)13-6-8(7-14)5-11(15)16/h1-4,8,13-14H,5-7H2,(H,15,16). The summed E-state index contributed by atoms with van der Waals surface area (Å²) in [5, 5.41) is 18.0. The van der Waals surface area contributed by atoms with Crippen molar-refractivity contribution in [1.29, 1.82) is 0 Å². The van der Waals surface area contributed by atoms with E-state index in [1.807, 2.05) is 0 Å². The van der Waals surface area contributed by atoms with E-state index in [1.54, 1.807) is 0 Å². The van der Waals surface area contributed by atoms with E-state index in [0.29, 0.717) is 5.02 Å². The summed E-state index contributed by atoms with van der Waals surface area (Å²) < 4.78 is 26.0. The molecule has 0 radical (unpaired) electrons. The lowest BCUT2D eigenvalue weighted by molar-refractivity contribution is -0.138. The van der Waals surface area contributed by atoms with Gasteiger partial charge in [-0.3, -0.25) is 4.79 Å². The van der Waals surface area contributed by atoms with Crippen LogP contribution in [-0.2, 0) is 14.8 Å². The molecule has 8 heteroatoms. The van der Waals surface area contributed by atoms with Crippen molar-refractivity contribution in [2.24, 2.45) is 5.92 Å². The molecule has 19 heavy (non-hydrogen) atoms. The van der Waals surface area contributed by atoms with Crippen molar-refractivity contribution >= 4 is 27.6 Å². The van der Waals surface area contributed by atoms with Crippen LogP contribution in [-0.4, -0.2) is 37.8 Å². The van der Waals surface area contributed by atoms with Gasteiger partial charge in [0.2, 0.25) is 10.0 Å². The van der Waals surface area contributed by atoms with Crippen LogP contribution < -0.4 is 4.72 Å². The molecule has 0 saturated heterocycles. The molecule has 0 fully saturated rings. The fraction of sp³-hybridized carbons (Fsp3) is 0.364. The van der Waals surface area contributed by atoms with Gasteiger partial charge in [0, 0.05) is 24.1 Å². The van der Waals surface area contributed by atoms with Crippen LogP contribution in [0.1, 0.15) is 6.42 Å². The van der Waals surface area contributed by atoms with Gasteiger partial charge >= 0.3 is 5.97 Å². The average molecular weight is 308 g/mol.